The number of pyridine rings is 1. The summed E-state index contributed by atoms with van der Waals surface area (Å²) >= 11 is 0. The van der Waals surface area contributed by atoms with Gasteiger partial charge in [-0.15, -0.1) is 0 Å². The lowest BCUT2D eigenvalue weighted by atomic mass is 10.1. The number of nitrogens with two attached hydrogens (primary N) is 2. The monoisotopic (exact) mass is 482 g/mol. The Hall–Kier alpha value is -2.85. The van der Waals surface area contributed by atoms with E-state index in [1.807, 2.05) is 0 Å². The van der Waals surface area contributed by atoms with Crippen molar-refractivity contribution < 1.29 is 33.0 Å². The van der Waals surface area contributed by atoms with Crippen LogP contribution in [-0.2, 0) is 31.1 Å². The van der Waals surface area contributed by atoms with Gasteiger partial charge in [0.2, 0.25) is 5.88 Å². The van der Waals surface area contributed by atoms with Crippen LogP contribution in [0.4, 0.5) is 22.0 Å². The van der Waals surface area contributed by atoms with Gasteiger partial charge in [-0.05, 0) is 25.0 Å². The summed E-state index contributed by atoms with van der Waals surface area (Å²) in [6.07, 6.45) is -1.11. The molecule has 0 saturated heterocycles. The topological polar surface area (TPSA) is 159 Å². The predicted molar refractivity (Wildman–Crippen MR) is 126 cm³/mol. The summed E-state index contributed by atoms with van der Waals surface area (Å²) in [5.41, 5.74) is 13.5. The van der Waals surface area contributed by atoms with Crippen molar-refractivity contribution in [1.82, 2.24) is 4.98 Å². The summed E-state index contributed by atoms with van der Waals surface area (Å²) in [7, 11) is -1.71. The molecule has 2 aromatic rings. The number of anilines is 3. The van der Waals surface area contributed by atoms with Gasteiger partial charge in [0.15, 0.2) is 5.82 Å². The fraction of sp³-hybridized carbons (Fsp3) is 0.429. The average molecular weight is 482 g/mol. The van der Waals surface area contributed by atoms with E-state index in [1.54, 1.807) is 38.1 Å². The highest BCUT2D eigenvalue weighted by atomic mass is 31.2. The van der Waals surface area contributed by atoms with Crippen molar-refractivity contribution in [2.75, 3.05) is 49.9 Å². The highest BCUT2D eigenvalue weighted by molar-refractivity contribution is 7.53. The molecule has 0 atom stereocenters. The molecule has 1 aromatic heterocycles. The van der Waals surface area contributed by atoms with E-state index in [2.05, 4.69) is 4.98 Å². The van der Waals surface area contributed by atoms with Gasteiger partial charge in [-0.3, -0.25) is 9.46 Å². The number of ether oxygens (including phenoxy) is 2. The summed E-state index contributed by atoms with van der Waals surface area (Å²) in [5, 5.41) is 9.81. The van der Waals surface area contributed by atoms with E-state index < -0.39 is 13.7 Å². The Kier molecular flexibility index (Phi) is 9.93. The maximum Gasteiger partial charge on any atom is 0.412 e. The van der Waals surface area contributed by atoms with E-state index in [9.17, 15) is 14.5 Å². The van der Waals surface area contributed by atoms with Gasteiger partial charge >= 0.3 is 13.7 Å². The zero-order valence-electron chi connectivity index (χ0n) is 19.0. The molecular formula is C21H31N4O7P. The molecule has 0 aliphatic heterocycles. The zero-order valence-corrected chi connectivity index (χ0v) is 19.9. The first-order valence-electron chi connectivity index (χ1n) is 10.4. The third-order valence-electron chi connectivity index (χ3n) is 4.49. The minimum atomic E-state index is -3.24. The predicted octanol–water partition coefficient (Wildman–Crippen LogP) is 3.72. The third kappa shape index (κ3) is 7.61. The van der Waals surface area contributed by atoms with Crippen LogP contribution in [0.3, 0.4) is 0 Å². The van der Waals surface area contributed by atoms with E-state index in [0.717, 1.165) is 10.5 Å². The fourth-order valence-corrected chi connectivity index (χ4v) is 4.70. The Balaban J connectivity index is 2.23. The number of carbonyl (C=O) groups is 1. The Morgan fingerprint density at radius 3 is 2.24 bits per heavy atom. The summed E-state index contributed by atoms with van der Waals surface area (Å²) < 4.78 is 33.8. The number of benzene rings is 1. The molecule has 5 N–H and O–H groups in total. The molecule has 0 aliphatic carbocycles. The first-order chi connectivity index (χ1) is 15.7. The molecule has 0 aliphatic rings. The molecule has 2 rings (SSSR count). The molecule has 1 amide bonds. The van der Waals surface area contributed by atoms with Gasteiger partial charge in [0.05, 0.1) is 43.9 Å². The van der Waals surface area contributed by atoms with Gasteiger partial charge in [-0.1, -0.05) is 24.3 Å². The van der Waals surface area contributed by atoms with Gasteiger partial charge in [0, 0.05) is 13.2 Å². The quantitative estimate of drug-likeness (QED) is 0.283. The van der Waals surface area contributed by atoms with E-state index in [1.165, 1.54) is 13.2 Å². The van der Waals surface area contributed by atoms with Crippen molar-refractivity contribution in [3.05, 3.63) is 41.5 Å². The van der Waals surface area contributed by atoms with Crippen molar-refractivity contribution >= 4 is 30.9 Å². The minimum absolute atomic E-state index is 0.00460. The van der Waals surface area contributed by atoms with Crippen LogP contribution in [0.1, 0.15) is 25.0 Å². The molecule has 1 heterocycles. The second kappa shape index (κ2) is 12.4. The number of rotatable bonds is 13. The first kappa shape index (κ1) is 26.4. The van der Waals surface area contributed by atoms with Gasteiger partial charge in [0.1, 0.15) is 6.61 Å². The smallest absolute Gasteiger partial charge is 0.412 e. The number of amides is 1. The Bertz CT molecular complexity index is 962. The van der Waals surface area contributed by atoms with Crippen molar-refractivity contribution in [3.8, 4) is 5.88 Å². The highest BCUT2D eigenvalue weighted by Gasteiger charge is 2.25. The molecule has 0 bridgehead atoms. The number of hydrogen-bond acceptors (Lipinski definition) is 9. The molecule has 11 nitrogen and oxygen atoms in total. The summed E-state index contributed by atoms with van der Waals surface area (Å²) in [6.45, 7) is 4.59. The van der Waals surface area contributed by atoms with Crippen molar-refractivity contribution in [1.29, 1.82) is 0 Å². The number of carboxylic acid groups (broad SMARTS) is 1. The van der Waals surface area contributed by atoms with Crippen LogP contribution in [-0.4, -0.2) is 49.7 Å². The number of nitrogens with zero attached hydrogens (tertiary/aromatic N) is 2. The van der Waals surface area contributed by atoms with Crippen LogP contribution in [0.25, 0.3) is 0 Å². The van der Waals surface area contributed by atoms with Crippen molar-refractivity contribution in [2.45, 2.75) is 26.6 Å². The van der Waals surface area contributed by atoms with E-state index in [0.29, 0.717) is 12.2 Å². The van der Waals surface area contributed by atoms with E-state index in [-0.39, 0.29) is 55.6 Å². The molecule has 0 radical (unpaired) electrons. The Morgan fingerprint density at radius 1 is 1.09 bits per heavy atom. The van der Waals surface area contributed by atoms with E-state index >= 15 is 0 Å². The van der Waals surface area contributed by atoms with Gasteiger partial charge in [-0.25, -0.2) is 4.79 Å². The van der Waals surface area contributed by atoms with Crippen molar-refractivity contribution in [3.63, 3.8) is 0 Å². The molecule has 0 fully saturated rings. The zero-order chi connectivity index (χ0) is 24.4. The molecule has 0 saturated carbocycles. The number of nitrogen functional groups attached to an aromatic ring is 2. The van der Waals surface area contributed by atoms with Crippen LogP contribution in [0, 0.1) is 0 Å². The van der Waals surface area contributed by atoms with Gasteiger partial charge < -0.3 is 35.1 Å². The van der Waals surface area contributed by atoms with Crippen molar-refractivity contribution in [2.24, 2.45) is 0 Å². The summed E-state index contributed by atoms with van der Waals surface area (Å²) in [4.78, 5) is 17.1. The highest BCUT2D eigenvalue weighted by Crippen LogP contribution is 2.51. The standard InChI is InChI=1S/C21H31N4O7P/c1-4-31-33(28,32-5-2)14-16-8-6-15(7-9-16)13-25(21(26)27)17-12-18(30-11-10-29-3)24-20(23)19(17)22/h6-9,12H,4-5,10-11,13-14,22H2,1-3H3,(H2,23,24)(H,26,27). The van der Waals surface area contributed by atoms with Gasteiger partial charge in [0.25, 0.3) is 0 Å². The lowest BCUT2D eigenvalue weighted by Crippen LogP contribution is -2.29. The molecule has 0 unspecified atom stereocenters. The second-order valence-corrected chi connectivity index (χ2v) is 8.96. The maximum atomic E-state index is 12.7. The lowest BCUT2D eigenvalue weighted by Gasteiger charge is -2.22. The Morgan fingerprint density at radius 2 is 1.70 bits per heavy atom. The van der Waals surface area contributed by atoms with Crippen LogP contribution in [0.5, 0.6) is 5.88 Å². The SMILES string of the molecule is CCOP(=O)(Cc1ccc(CN(C(=O)O)c2cc(OCCOC)nc(N)c2N)cc1)OCC. The molecule has 1 aromatic carbocycles. The Labute approximate surface area is 193 Å². The summed E-state index contributed by atoms with van der Waals surface area (Å²) in [6, 6.07) is 8.41. The van der Waals surface area contributed by atoms with Crippen LogP contribution < -0.4 is 21.1 Å². The number of methoxy groups -OCH3 is 1. The summed E-state index contributed by atoms with van der Waals surface area (Å²) in [5.74, 6) is 0.0991. The molecule has 0 spiro atoms. The van der Waals surface area contributed by atoms with Crippen LogP contribution >= 0.6 is 7.60 Å². The molecular weight excluding hydrogens is 451 g/mol. The van der Waals surface area contributed by atoms with E-state index in [4.69, 9.17) is 30.0 Å². The minimum Gasteiger partial charge on any atom is -0.475 e. The fourth-order valence-electron chi connectivity index (χ4n) is 3.00. The normalized spacial score (nSPS) is 11.4. The maximum absolute atomic E-state index is 12.7. The molecule has 12 heteroatoms. The van der Waals surface area contributed by atoms with Crippen LogP contribution in [0.15, 0.2) is 30.3 Å². The van der Waals surface area contributed by atoms with Crippen LogP contribution in [0.2, 0.25) is 0 Å². The number of aromatic nitrogens is 1. The second-order valence-electron chi connectivity index (χ2n) is 6.91. The number of hydrogen-bond donors (Lipinski definition) is 3. The first-order valence-corrected chi connectivity index (χ1v) is 12.1. The molecule has 33 heavy (non-hydrogen) atoms. The van der Waals surface area contributed by atoms with Gasteiger partial charge in [-0.2, -0.15) is 4.98 Å². The average Bonchev–Trinajstić information content (AvgIpc) is 2.76. The lowest BCUT2D eigenvalue weighted by molar-refractivity contribution is 0.144. The largest absolute Gasteiger partial charge is 0.475 e. The molecule has 182 valence electrons. The third-order valence-corrected chi connectivity index (χ3v) is 6.55.